The first-order valence-electron chi connectivity index (χ1n) is 6.50. The fourth-order valence-corrected chi connectivity index (χ4v) is 2.22. The Kier molecular flexibility index (Phi) is 4.25. The van der Waals surface area contributed by atoms with Crippen molar-refractivity contribution in [2.24, 2.45) is 0 Å². The second-order valence-electron chi connectivity index (χ2n) is 4.85. The summed E-state index contributed by atoms with van der Waals surface area (Å²) in [6.07, 6.45) is 1.09. The van der Waals surface area contributed by atoms with Crippen LogP contribution in [-0.4, -0.2) is 15.6 Å². The van der Waals surface area contributed by atoms with Gasteiger partial charge in [-0.15, -0.1) is 0 Å². The second kappa shape index (κ2) is 5.72. The van der Waals surface area contributed by atoms with Crippen LogP contribution in [0.15, 0.2) is 18.2 Å². The van der Waals surface area contributed by atoms with Crippen LogP contribution in [0.5, 0.6) is 0 Å². The predicted octanol–water partition coefficient (Wildman–Crippen LogP) is 3.60. The van der Waals surface area contributed by atoms with Crippen LogP contribution in [0.25, 0.3) is 11.0 Å². The van der Waals surface area contributed by atoms with Crippen molar-refractivity contribution in [1.82, 2.24) is 14.9 Å². The molecule has 0 fully saturated rings. The summed E-state index contributed by atoms with van der Waals surface area (Å²) >= 11 is 6.07. The molecule has 0 unspecified atom stereocenters. The lowest BCUT2D eigenvalue weighted by atomic mass is 10.3. The molecular formula is C14H20ClN3. The molecule has 1 aromatic carbocycles. The molecule has 0 bridgehead atoms. The van der Waals surface area contributed by atoms with Crippen LogP contribution in [0.1, 0.15) is 33.0 Å². The van der Waals surface area contributed by atoms with Crippen LogP contribution >= 0.6 is 11.6 Å². The summed E-state index contributed by atoms with van der Waals surface area (Å²) in [5.41, 5.74) is 2.15. The number of rotatable bonds is 5. The number of imidazole rings is 1. The third-order valence-corrected chi connectivity index (χ3v) is 3.14. The maximum atomic E-state index is 6.07. The number of hydrogen-bond acceptors (Lipinski definition) is 2. The van der Waals surface area contributed by atoms with Gasteiger partial charge in [-0.25, -0.2) is 4.98 Å². The van der Waals surface area contributed by atoms with Gasteiger partial charge in [-0.05, 0) is 24.6 Å². The Bertz CT molecular complexity index is 531. The minimum Gasteiger partial charge on any atom is -0.327 e. The number of hydrogen-bond donors (Lipinski definition) is 1. The van der Waals surface area contributed by atoms with E-state index >= 15 is 0 Å². The van der Waals surface area contributed by atoms with E-state index in [1.165, 1.54) is 0 Å². The Labute approximate surface area is 113 Å². The predicted molar refractivity (Wildman–Crippen MR) is 77.0 cm³/mol. The van der Waals surface area contributed by atoms with Crippen molar-refractivity contribution in [3.05, 3.63) is 29.0 Å². The normalized spacial score (nSPS) is 11.6. The largest absolute Gasteiger partial charge is 0.327 e. The number of nitrogens with zero attached hydrogens (tertiary/aromatic N) is 2. The Morgan fingerprint density at radius 1 is 1.39 bits per heavy atom. The maximum Gasteiger partial charge on any atom is 0.123 e. The van der Waals surface area contributed by atoms with Crippen LogP contribution in [-0.2, 0) is 13.1 Å². The number of nitrogens with one attached hydrogen (secondary N) is 1. The SMILES string of the molecule is CCCn1c(CNC(C)C)nc2ccc(Cl)cc21. The summed E-state index contributed by atoms with van der Waals surface area (Å²) in [5.74, 6) is 1.09. The lowest BCUT2D eigenvalue weighted by molar-refractivity contribution is 0.546. The van der Waals surface area contributed by atoms with Crippen LogP contribution in [0.4, 0.5) is 0 Å². The summed E-state index contributed by atoms with van der Waals surface area (Å²) in [6.45, 7) is 8.24. The first-order chi connectivity index (χ1) is 8.61. The van der Waals surface area contributed by atoms with Crippen molar-refractivity contribution >= 4 is 22.6 Å². The highest BCUT2D eigenvalue weighted by Gasteiger charge is 2.10. The maximum absolute atomic E-state index is 6.07. The first-order valence-corrected chi connectivity index (χ1v) is 6.87. The third-order valence-electron chi connectivity index (χ3n) is 2.90. The molecule has 0 radical (unpaired) electrons. The van der Waals surface area contributed by atoms with Crippen LogP contribution in [0, 0.1) is 0 Å². The zero-order chi connectivity index (χ0) is 13.1. The zero-order valence-electron chi connectivity index (χ0n) is 11.2. The lowest BCUT2D eigenvalue weighted by Crippen LogP contribution is -2.24. The molecule has 0 aliphatic rings. The first kappa shape index (κ1) is 13.4. The number of aromatic nitrogens is 2. The molecule has 98 valence electrons. The quantitative estimate of drug-likeness (QED) is 0.895. The van der Waals surface area contributed by atoms with Crippen LogP contribution < -0.4 is 5.32 Å². The molecule has 1 aromatic heterocycles. The summed E-state index contributed by atoms with van der Waals surface area (Å²) in [6, 6.07) is 6.34. The van der Waals surface area contributed by atoms with Crippen LogP contribution in [0.2, 0.25) is 5.02 Å². The van der Waals surface area contributed by atoms with Gasteiger partial charge in [0.1, 0.15) is 5.82 Å². The average molecular weight is 266 g/mol. The van der Waals surface area contributed by atoms with Crippen molar-refractivity contribution in [2.75, 3.05) is 0 Å². The molecule has 0 aliphatic heterocycles. The van der Waals surface area contributed by atoms with Gasteiger partial charge in [-0.1, -0.05) is 32.4 Å². The highest BCUT2D eigenvalue weighted by molar-refractivity contribution is 6.31. The zero-order valence-corrected chi connectivity index (χ0v) is 12.0. The molecule has 0 aliphatic carbocycles. The van der Waals surface area contributed by atoms with E-state index in [0.717, 1.165) is 41.4 Å². The summed E-state index contributed by atoms with van der Waals surface area (Å²) in [5, 5.41) is 4.19. The minimum atomic E-state index is 0.462. The molecule has 0 atom stereocenters. The van der Waals surface area contributed by atoms with Gasteiger partial charge in [0.25, 0.3) is 0 Å². The Balaban J connectivity index is 2.41. The second-order valence-corrected chi connectivity index (χ2v) is 5.28. The van der Waals surface area contributed by atoms with E-state index in [9.17, 15) is 0 Å². The molecule has 4 heteroatoms. The lowest BCUT2D eigenvalue weighted by Gasteiger charge is -2.10. The summed E-state index contributed by atoms with van der Waals surface area (Å²) < 4.78 is 2.26. The number of fused-ring (bicyclic) bond motifs is 1. The van der Waals surface area contributed by atoms with Crippen molar-refractivity contribution in [3.63, 3.8) is 0 Å². The Hall–Kier alpha value is -1.06. The molecule has 2 rings (SSSR count). The van der Waals surface area contributed by atoms with E-state index in [4.69, 9.17) is 11.6 Å². The van der Waals surface area contributed by atoms with Gasteiger partial charge in [-0.3, -0.25) is 0 Å². The molecule has 1 heterocycles. The molecule has 0 saturated heterocycles. The molecule has 18 heavy (non-hydrogen) atoms. The van der Waals surface area contributed by atoms with E-state index < -0.39 is 0 Å². The van der Waals surface area contributed by atoms with Crippen molar-refractivity contribution in [1.29, 1.82) is 0 Å². The van der Waals surface area contributed by atoms with Gasteiger partial charge in [0.15, 0.2) is 0 Å². The van der Waals surface area contributed by atoms with Gasteiger partial charge in [-0.2, -0.15) is 0 Å². The molecule has 0 spiro atoms. The number of halogens is 1. The van der Waals surface area contributed by atoms with Crippen molar-refractivity contribution in [3.8, 4) is 0 Å². The van der Waals surface area contributed by atoms with E-state index in [0.29, 0.717) is 6.04 Å². The standard InChI is InChI=1S/C14H20ClN3/c1-4-7-18-13-8-11(15)5-6-12(13)17-14(18)9-16-10(2)3/h5-6,8,10,16H,4,7,9H2,1-3H3. The molecule has 1 N–H and O–H groups in total. The van der Waals surface area contributed by atoms with Gasteiger partial charge in [0, 0.05) is 17.6 Å². The van der Waals surface area contributed by atoms with Gasteiger partial charge < -0.3 is 9.88 Å². The van der Waals surface area contributed by atoms with Gasteiger partial charge in [0.05, 0.1) is 17.6 Å². The highest BCUT2D eigenvalue weighted by Crippen LogP contribution is 2.21. The molecule has 2 aromatic rings. The highest BCUT2D eigenvalue weighted by atomic mass is 35.5. The molecule has 3 nitrogen and oxygen atoms in total. The van der Waals surface area contributed by atoms with Crippen LogP contribution in [0.3, 0.4) is 0 Å². The van der Waals surface area contributed by atoms with Crippen molar-refractivity contribution < 1.29 is 0 Å². The van der Waals surface area contributed by atoms with Crippen molar-refractivity contribution in [2.45, 2.75) is 46.3 Å². The molecule has 0 amide bonds. The fraction of sp³-hybridized carbons (Fsp3) is 0.500. The summed E-state index contributed by atoms with van der Waals surface area (Å²) in [7, 11) is 0. The average Bonchev–Trinajstić information content (AvgIpc) is 2.65. The minimum absolute atomic E-state index is 0.462. The van der Waals surface area contributed by atoms with E-state index in [-0.39, 0.29) is 0 Å². The fourth-order valence-electron chi connectivity index (χ4n) is 2.05. The smallest absolute Gasteiger partial charge is 0.123 e. The summed E-state index contributed by atoms with van der Waals surface area (Å²) in [4.78, 5) is 4.69. The molecular weight excluding hydrogens is 246 g/mol. The number of benzene rings is 1. The Morgan fingerprint density at radius 3 is 2.83 bits per heavy atom. The number of aryl methyl sites for hydroxylation is 1. The van der Waals surface area contributed by atoms with Gasteiger partial charge >= 0.3 is 0 Å². The van der Waals surface area contributed by atoms with E-state index in [2.05, 4.69) is 35.6 Å². The molecule has 0 saturated carbocycles. The Morgan fingerprint density at radius 2 is 2.17 bits per heavy atom. The third kappa shape index (κ3) is 2.85. The monoisotopic (exact) mass is 265 g/mol. The topological polar surface area (TPSA) is 29.9 Å². The van der Waals surface area contributed by atoms with E-state index in [1.54, 1.807) is 0 Å². The van der Waals surface area contributed by atoms with Gasteiger partial charge in [0.2, 0.25) is 0 Å². The van der Waals surface area contributed by atoms with E-state index in [1.807, 2.05) is 18.2 Å².